The van der Waals surface area contributed by atoms with Crippen molar-refractivity contribution in [3.05, 3.63) is 30.5 Å². The largest absolute Gasteiger partial charge is 0.439 e. The Morgan fingerprint density at radius 3 is 2.81 bits per heavy atom. The Morgan fingerprint density at radius 1 is 1.27 bits per heavy atom. The zero-order chi connectivity index (χ0) is 18.3. The summed E-state index contributed by atoms with van der Waals surface area (Å²) in [6, 6.07) is 7.14. The number of pyridine rings is 1. The van der Waals surface area contributed by atoms with Crippen LogP contribution in [-0.4, -0.2) is 69.0 Å². The van der Waals surface area contributed by atoms with Crippen molar-refractivity contribution in [2.24, 2.45) is 7.05 Å². The molecule has 0 aromatic carbocycles. The third-order valence-electron chi connectivity index (χ3n) is 4.79. The third-order valence-corrected chi connectivity index (χ3v) is 4.79. The van der Waals surface area contributed by atoms with E-state index in [0.717, 1.165) is 5.69 Å². The van der Waals surface area contributed by atoms with Crippen molar-refractivity contribution in [2.75, 3.05) is 32.0 Å². The first-order valence-electron chi connectivity index (χ1n) is 8.41. The van der Waals surface area contributed by atoms with E-state index in [1.54, 1.807) is 40.8 Å². The quantitative estimate of drug-likeness (QED) is 0.881. The van der Waals surface area contributed by atoms with Crippen LogP contribution < -0.4 is 5.32 Å². The normalized spacial score (nSPS) is 22.2. The molecular formula is C17H20N6O3. The average Bonchev–Trinajstić information content (AvgIpc) is 3.28. The fourth-order valence-corrected chi connectivity index (χ4v) is 3.43. The lowest BCUT2D eigenvalue weighted by molar-refractivity contribution is 0.0662. The lowest BCUT2D eigenvalue weighted by Crippen LogP contribution is -2.40. The van der Waals surface area contributed by atoms with Crippen LogP contribution in [0.4, 0.5) is 15.4 Å². The number of likely N-dealkylation sites (N-methyl/N-ethyl adjacent to an activating group) is 1. The maximum Gasteiger partial charge on any atom is 0.410 e. The van der Waals surface area contributed by atoms with E-state index in [1.807, 2.05) is 18.2 Å². The number of carbonyl (C=O) groups excluding carboxylic acids is 2. The van der Waals surface area contributed by atoms with E-state index in [1.165, 1.54) is 0 Å². The number of nitrogens with one attached hydrogen (secondary N) is 1. The second-order valence-electron chi connectivity index (χ2n) is 6.76. The number of likely N-dealkylation sites (tertiary alicyclic amines) is 1. The third kappa shape index (κ3) is 2.85. The van der Waals surface area contributed by atoms with Crippen molar-refractivity contribution in [1.29, 1.82) is 0 Å². The van der Waals surface area contributed by atoms with Crippen LogP contribution in [0.15, 0.2) is 30.5 Å². The molecule has 1 spiro atoms. The second kappa shape index (κ2) is 6.01. The summed E-state index contributed by atoms with van der Waals surface area (Å²) in [4.78, 5) is 31.8. The maximum absolute atomic E-state index is 12.6. The average molecular weight is 356 g/mol. The summed E-state index contributed by atoms with van der Waals surface area (Å²) in [5.74, 6) is 0.581. The maximum atomic E-state index is 12.6. The molecule has 3 amide bonds. The van der Waals surface area contributed by atoms with Gasteiger partial charge in [-0.05, 0) is 12.1 Å². The number of nitrogens with zero attached hydrogens (tertiary/aromatic N) is 5. The SMILES string of the molecule is CN1C[C@]2(CCN(C(=O)Nc3cc(-c4ccccn4)nn3C)C2)OC1=O. The number of amides is 3. The van der Waals surface area contributed by atoms with Gasteiger partial charge in [0.1, 0.15) is 11.5 Å². The highest BCUT2D eigenvalue weighted by molar-refractivity contribution is 5.89. The molecule has 4 heterocycles. The van der Waals surface area contributed by atoms with Crippen LogP contribution >= 0.6 is 0 Å². The number of aromatic nitrogens is 3. The Morgan fingerprint density at radius 2 is 2.12 bits per heavy atom. The number of hydrogen-bond donors (Lipinski definition) is 1. The molecule has 1 atom stereocenters. The molecule has 2 fully saturated rings. The van der Waals surface area contributed by atoms with Gasteiger partial charge in [0.15, 0.2) is 5.60 Å². The second-order valence-corrected chi connectivity index (χ2v) is 6.76. The molecule has 2 aromatic rings. The topological polar surface area (TPSA) is 92.6 Å². The first-order chi connectivity index (χ1) is 12.5. The summed E-state index contributed by atoms with van der Waals surface area (Å²) in [6.45, 7) is 1.43. The molecule has 0 unspecified atom stereocenters. The molecule has 9 heteroatoms. The summed E-state index contributed by atoms with van der Waals surface area (Å²) in [5.41, 5.74) is 0.839. The van der Waals surface area contributed by atoms with Gasteiger partial charge >= 0.3 is 12.1 Å². The monoisotopic (exact) mass is 356 g/mol. The summed E-state index contributed by atoms with van der Waals surface area (Å²) in [7, 11) is 3.47. The number of aryl methyl sites for hydroxylation is 1. The molecule has 0 radical (unpaired) electrons. The van der Waals surface area contributed by atoms with Gasteiger partial charge in [0.25, 0.3) is 0 Å². The van der Waals surface area contributed by atoms with Gasteiger partial charge in [0.05, 0.1) is 18.8 Å². The van der Waals surface area contributed by atoms with Crippen molar-refractivity contribution in [1.82, 2.24) is 24.6 Å². The fraction of sp³-hybridized carbons (Fsp3) is 0.412. The van der Waals surface area contributed by atoms with Crippen molar-refractivity contribution < 1.29 is 14.3 Å². The molecule has 2 aliphatic rings. The van der Waals surface area contributed by atoms with Gasteiger partial charge in [0, 0.05) is 39.3 Å². The van der Waals surface area contributed by atoms with Gasteiger partial charge in [-0.3, -0.25) is 15.0 Å². The first kappa shape index (κ1) is 16.4. The predicted octanol–water partition coefficient (Wildman–Crippen LogP) is 1.54. The zero-order valence-corrected chi connectivity index (χ0v) is 14.7. The predicted molar refractivity (Wildman–Crippen MR) is 93.5 cm³/mol. The van der Waals surface area contributed by atoms with Crippen molar-refractivity contribution in [3.63, 3.8) is 0 Å². The fourth-order valence-electron chi connectivity index (χ4n) is 3.43. The molecule has 0 bridgehead atoms. The molecule has 1 N–H and O–H groups in total. The Balaban J connectivity index is 1.45. The number of hydrogen-bond acceptors (Lipinski definition) is 5. The number of rotatable bonds is 2. The van der Waals surface area contributed by atoms with Crippen LogP contribution in [0.25, 0.3) is 11.4 Å². The van der Waals surface area contributed by atoms with Gasteiger partial charge in [-0.25, -0.2) is 9.59 Å². The lowest BCUT2D eigenvalue weighted by atomic mass is 10.0. The summed E-state index contributed by atoms with van der Waals surface area (Å²) in [6.07, 6.45) is 2.01. The molecule has 2 aromatic heterocycles. The summed E-state index contributed by atoms with van der Waals surface area (Å²) in [5, 5.41) is 7.27. The van der Waals surface area contributed by atoms with Crippen LogP contribution in [0.2, 0.25) is 0 Å². The molecule has 136 valence electrons. The molecular weight excluding hydrogens is 336 g/mol. The Bertz CT molecular complexity index is 851. The molecule has 26 heavy (non-hydrogen) atoms. The van der Waals surface area contributed by atoms with Crippen molar-refractivity contribution >= 4 is 17.9 Å². The molecule has 4 rings (SSSR count). The van der Waals surface area contributed by atoms with Gasteiger partial charge in [-0.15, -0.1) is 0 Å². The number of anilines is 1. The van der Waals surface area contributed by atoms with Gasteiger partial charge in [-0.2, -0.15) is 5.10 Å². The van der Waals surface area contributed by atoms with Gasteiger partial charge < -0.3 is 14.5 Å². The lowest BCUT2D eigenvalue weighted by Gasteiger charge is -2.21. The van der Waals surface area contributed by atoms with E-state index in [2.05, 4.69) is 15.4 Å². The Labute approximate surface area is 150 Å². The highest BCUT2D eigenvalue weighted by Gasteiger charge is 2.49. The summed E-state index contributed by atoms with van der Waals surface area (Å²) < 4.78 is 7.09. The van der Waals surface area contributed by atoms with Crippen molar-refractivity contribution in [2.45, 2.75) is 12.0 Å². The first-order valence-corrected chi connectivity index (χ1v) is 8.41. The van der Waals surface area contributed by atoms with E-state index < -0.39 is 5.60 Å². The number of ether oxygens (including phenoxy) is 1. The standard InChI is InChI=1S/C17H20N6O3/c1-21-10-17(26-16(21)25)6-8-23(11-17)15(24)19-14-9-13(20-22(14)2)12-5-3-4-7-18-12/h3-5,7,9H,6,8,10-11H2,1-2H3,(H,19,24)/t17-/m0/s1. The molecule has 2 saturated heterocycles. The smallest absolute Gasteiger partial charge is 0.410 e. The highest BCUT2D eigenvalue weighted by Crippen LogP contribution is 2.32. The minimum atomic E-state index is -0.589. The Kier molecular flexibility index (Phi) is 3.78. The van der Waals surface area contributed by atoms with Crippen molar-refractivity contribution in [3.8, 4) is 11.4 Å². The van der Waals surface area contributed by atoms with E-state index in [0.29, 0.717) is 37.6 Å². The molecule has 2 aliphatic heterocycles. The van der Waals surface area contributed by atoms with E-state index in [9.17, 15) is 9.59 Å². The van der Waals surface area contributed by atoms with Gasteiger partial charge in [-0.1, -0.05) is 6.07 Å². The van der Waals surface area contributed by atoms with E-state index >= 15 is 0 Å². The minimum Gasteiger partial charge on any atom is -0.439 e. The van der Waals surface area contributed by atoms with Gasteiger partial charge in [0.2, 0.25) is 0 Å². The van der Waals surface area contributed by atoms with Crippen LogP contribution in [0.1, 0.15) is 6.42 Å². The highest BCUT2D eigenvalue weighted by atomic mass is 16.6. The number of carbonyl (C=O) groups is 2. The number of urea groups is 1. The van der Waals surface area contributed by atoms with Crippen LogP contribution in [0.3, 0.4) is 0 Å². The molecule has 0 saturated carbocycles. The van der Waals surface area contributed by atoms with E-state index in [-0.39, 0.29) is 12.1 Å². The zero-order valence-electron chi connectivity index (χ0n) is 14.7. The van der Waals surface area contributed by atoms with Crippen LogP contribution in [0, 0.1) is 0 Å². The van der Waals surface area contributed by atoms with E-state index in [4.69, 9.17) is 4.74 Å². The van der Waals surface area contributed by atoms with Crippen LogP contribution in [0.5, 0.6) is 0 Å². The molecule has 0 aliphatic carbocycles. The molecule has 9 nitrogen and oxygen atoms in total. The van der Waals surface area contributed by atoms with Crippen LogP contribution in [-0.2, 0) is 11.8 Å². The summed E-state index contributed by atoms with van der Waals surface area (Å²) >= 11 is 0. The Hall–Kier alpha value is -3.10. The minimum absolute atomic E-state index is 0.233.